The summed E-state index contributed by atoms with van der Waals surface area (Å²) in [4.78, 5) is 57.1. The number of carbonyl (C=O) groups excluding carboxylic acids is 3. The quantitative estimate of drug-likeness (QED) is 0.00693. The number of fused-ring (bicyclic) bond motifs is 8. The van der Waals surface area contributed by atoms with Gasteiger partial charge in [0.2, 0.25) is 5.91 Å². The van der Waals surface area contributed by atoms with E-state index in [1.54, 1.807) is 26.4 Å². The second-order valence-corrected chi connectivity index (χ2v) is 32.2. The number of quaternary nitrogens is 1. The van der Waals surface area contributed by atoms with Crippen LogP contribution in [0.4, 0.5) is 0 Å². The van der Waals surface area contributed by atoms with Gasteiger partial charge in [0, 0.05) is 96.4 Å². The molecule has 0 bridgehead atoms. The molecule has 0 saturated carbocycles. The van der Waals surface area contributed by atoms with Crippen molar-refractivity contribution in [1.29, 1.82) is 0 Å². The Morgan fingerprint density at radius 2 is 0.835 bits per heavy atom. The molecule has 0 fully saturated rings. The Balaban J connectivity index is 0.000000326. The van der Waals surface area contributed by atoms with Crippen molar-refractivity contribution < 1.29 is 172 Å². The molecule has 1 amide bonds. The number of hydrogen-bond donors (Lipinski definition) is 4. The van der Waals surface area contributed by atoms with E-state index in [9.17, 15) is 24.6 Å². The van der Waals surface area contributed by atoms with Gasteiger partial charge in [0.05, 0.1) is 264 Å². The molecule has 0 aromatic heterocycles. The van der Waals surface area contributed by atoms with Crippen LogP contribution in [0.15, 0.2) is 93.1 Å². The molecule has 10 rings (SSSR count). The summed E-state index contributed by atoms with van der Waals surface area (Å²) in [6.45, 7) is 31.0. The van der Waals surface area contributed by atoms with E-state index in [-0.39, 0.29) is 130 Å². The zero-order valence-corrected chi connectivity index (χ0v) is 80.6. The van der Waals surface area contributed by atoms with E-state index < -0.39 is 0 Å². The minimum absolute atomic E-state index is 0. The number of aliphatic hydroxyl groups excluding tert-OH is 2. The summed E-state index contributed by atoms with van der Waals surface area (Å²) in [7, 11) is 7.52. The van der Waals surface area contributed by atoms with Gasteiger partial charge in [-0.25, -0.2) is 15.8 Å². The Morgan fingerprint density at radius 1 is 0.481 bits per heavy atom. The van der Waals surface area contributed by atoms with Crippen molar-refractivity contribution in [2.75, 3.05) is 279 Å². The monoisotopic (exact) mass is 1990 g/mol. The Morgan fingerprint density at radius 3 is 1.17 bits per heavy atom. The van der Waals surface area contributed by atoms with Gasteiger partial charge in [0.25, 0.3) is 0 Å². The first-order chi connectivity index (χ1) is 64.5. The third-order valence-electron chi connectivity index (χ3n) is 21.8. The van der Waals surface area contributed by atoms with Crippen LogP contribution in [0.3, 0.4) is 0 Å². The molecule has 4 aromatic rings. The van der Waals surface area contributed by atoms with Crippen molar-refractivity contribution in [3.63, 3.8) is 0 Å². The standard InChI is InChI=1S/C50H75N4O14.C45H65N3O16.HI/c1-7-51-36-52-13-9-14-54(4,5)15-17-59-19-21-61-23-25-63-27-29-64-28-26-62-24-22-60-20-18-58-16-8-10-39(56)34-66-50-40(11-12-43-42(50)32-44(67-43)37(2)3)49-48-41-31-45(57-6)38(33-55)30-46(41)65-35-47(48)68-53-49;1-31(2)38-27-36-37(63-38)7-6-34(44-43-35-26-39(52-3)32(28-49)25-40(35)61-30-41(43)64-48-44)45(36)62-29-33(50)5-4-9-53-11-13-55-15-17-57-19-21-59-23-24-60-22-20-58-18-16-56-14-12-54-10-8-42(51)47-46;/h11-12,30-31,44,47-48,55H,2,7-10,13-29,32-35H2,1,3-6H3;6-7,25-26,38,41,43,49H,1,4-5,8-24,27-30,46H2,2-3H3,(H,47,51);1H/q+1;;/p-1/t44-,47?,48?;38-,41?,43?;/m11./s1. The number of hydrazine groups is 1. The zero-order chi connectivity index (χ0) is 93.8. The highest BCUT2D eigenvalue weighted by Gasteiger charge is 2.46. The largest absolute Gasteiger partial charge is 1.00 e. The third kappa shape index (κ3) is 37.7. The smallest absolute Gasteiger partial charge is 0.236 e. The van der Waals surface area contributed by atoms with Crippen molar-refractivity contribution in [3.8, 4) is 46.0 Å². The number of nitrogens with one attached hydrogen (secondary N) is 1. The molecule has 6 aliphatic heterocycles. The first kappa shape index (κ1) is 110. The van der Waals surface area contributed by atoms with Gasteiger partial charge in [-0.05, 0) is 93.3 Å². The van der Waals surface area contributed by atoms with Crippen molar-refractivity contribution >= 4 is 34.9 Å². The summed E-state index contributed by atoms with van der Waals surface area (Å²) in [5, 5.41) is 28.9. The van der Waals surface area contributed by atoms with Crippen molar-refractivity contribution in [2.24, 2.45) is 26.1 Å². The molecule has 4 unspecified atom stereocenters. The van der Waals surface area contributed by atoms with Crippen LogP contribution in [-0.2, 0) is 121 Å². The number of amides is 1. The third-order valence-corrected chi connectivity index (χ3v) is 21.8. The molecule has 133 heavy (non-hydrogen) atoms. The minimum atomic E-state index is -0.376. The number of halogens is 1. The molecule has 742 valence electrons. The Labute approximate surface area is 797 Å². The maximum absolute atomic E-state index is 13.1. The number of oxime groups is 2. The van der Waals surface area contributed by atoms with Gasteiger partial charge in [0.15, 0.2) is 23.8 Å². The summed E-state index contributed by atoms with van der Waals surface area (Å²) < 4.78 is 132. The lowest BCUT2D eigenvalue weighted by molar-refractivity contribution is -0.890. The summed E-state index contributed by atoms with van der Waals surface area (Å²) in [5.41, 5.74) is 11.2. The summed E-state index contributed by atoms with van der Waals surface area (Å²) in [6.07, 6.45) is 2.80. The molecule has 38 heteroatoms. The van der Waals surface area contributed by atoms with E-state index in [1.165, 1.54) is 0 Å². The molecule has 0 spiro atoms. The van der Waals surface area contributed by atoms with Crippen LogP contribution < -0.4 is 73.1 Å². The maximum Gasteiger partial charge on any atom is 0.236 e. The number of likely N-dealkylation sites (N-methyl/N-ethyl adjacent to an activating group) is 1. The molecule has 4 aromatic carbocycles. The lowest BCUT2D eigenvalue weighted by atomic mass is 9.83. The molecule has 6 heterocycles. The number of benzene rings is 4. The first-order valence-electron chi connectivity index (χ1n) is 45.7. The van der Waals surface area contributed by atoms with Gasteiger partial charge in [-0.15, -0.1) is 0 Å². The normalized spacial score (nSPS) is 16.9. The van der Waals surface area contributed by atoms with Crippen LogP contribution in [0.25, 0.3) is 0 Å². The van der Waals surface area contributed by atoms with Gasteiger partial charge in [0.1, 0.15) is 103 Å². The fourth-order valence-electron chi connectivity index (χ4n) is 14.7. The average molecular weight is 1990 g/mol. The van der Waals surface area contributed by atoms with Crippen LogP contribution in [0.5, 0.6) is 46.0 Å². The molecule has 0 saturated heterocycles. The number of aliphatic imine (C=N–C) groups is 2. The number of ketones is 2. The van der Waals surface area contributed by atoms with E-state index in [0.717, 1.165) is 70.5 Å². The Bertz CT molecular complexity index is 4290. The molecule has 0 aliphatic carbocycles. The fraction of sp³-hybridized carbons (Fsp3) is 0.642. The number of ether oxygens (including phenoxy) is 23. The average Bonchev–Trinajstić information content (AvgIpc) is 1.65. The number of nitrogens with two attached hydrogens (primary N) is 1. The lowest BCUT2D eigenvalue weighted by Gasteiger charge is -2.29. The van der Waals surface area contributed by atoms with Gasteiger partial charge in [-0.2, -0.15) is 0 Å². The Kier molecular flexibility index (Phi) is 52.4. The number of aliphatic hydroxyl groups is 2. The number of Topliss-reactive ketones (excluding diaryl/α,β-unsaturated/α-hetero) is 2. The van der Waals surface area contributed by atoms with Gasteiger partial charge < -0.3 is 157 Å². The fourth-order valence-corrected chi connectivity index (χ4v) is 14.7. The number of rotatable bonds is 72. The molecule has 6 atom stereocenters. The molecule has 6 aliphatic rings. The molecular formula is C95H140IN7O30. The molecular weight excluding hydrogens is 1850 g/mol. The zero-order valence-electron chi connectivity index (χ0n) is 78.5. The van der Waals surface area contributed by atoms with E-state index in [2.05, 4.69) is 53.6 Å². The highest BCUT2D eigenvalue weighted by Crippen LogP contribution is 2.50. The van der Waals surface area contributed by atoms with Crippen molar-refractivity contribution in [2.45, 2.75) is 122 Å². The molecule has 37 nitrogen and oxygen atoms in total. The van der Waals surface area contributed by atoms with Gasteiger partial charge >= 0.3 is 0 Å². The van der Waals surface area contributed by atoms with Crippen LogP contribution in [0, 0.1) is 0 Å². The second kappa shape index (κ2) is 63.3. The van der Waals surface area contributed by atoms with Gasteiger partial charge in [-0.1, -0.05) is 23.5 Å². The highest BCUT2D eigenvalue weighted by atomic mass is 127. The summed E-state index contributed by atoms with van der Waals surface area (Å²) in [5.74, 6) is 8.79. The van der Waals surface area contributed by atoms with Crippen LogP contribution in [-0.4, -0.2) is 353 Å². The Hall–Kier alpha value is -8.14. The van der Waals surface area contributed by atoms with E-state index in [4.69, 9.17) is 124 Å². The van der Waals surface area contributed by atoms with Crippen LogP contribution in [0.1, 0.15) is 116 Å². The first-order valence-corrected chi connectivity index (χ1v) is 45.7. The van der Waals surface area contributed by atoms with E-state index >= 15 is 0 Å². The highest BCUT2D eigenvalue weighted by molar-refractivity contribution is 6.10. The van der Waals surface area contributed by atoms with E-state index in [1.807, 2.05) is 62.6 Å². The maximum atomic E-state index is 13.1. The number of nitrogens with zero attached hydrogens (tertiary/aromatic N) is 5. The lowest BCUT2D eigenvalue weighted by Crippen LogP contribution is -3.00. The van der Waals surface area contributed by atoms with Crippen LogP contribution in [0.2, 0.25) is 0 Å². The summed E-state index contributed by atoms with van der Waals surface area (Å²) in [6, 6.07) is 17.6. The second-order valence-electron chi connectivity index (χ2n) is 32.2. The number of carbonyl (C=O) groups is 3. The van der Waals surface area contributed by atoms with Crippen LogP contribution >= 0.6 is 0 Å². The predicted molar refractivity (Wildman–Crippen MR) is 486 cm³/mol. The SMILES string of the molecule is C=C(C)[C@H]1Cc2c(ccc(C3=NOC4COc5cc(CO)c(OC)cc5C34)c2OCC(=O)CCCOCCOCCOCCOCCOCCOCCOCCOCCC(=O)NN)O1.C=C(C)[C@H]1Cc2c(ccc(C3=NOC4COc5cc(CO)c(OC)cc5C34)c2OCC(=O)CCCOCCOCCOCCOCCOCCOCCOCC[N+](C)(C)CCCN=C=NCC)O1.[I-]. The van der Waals surface area contributed by atoms with Crippen molar-refractivity contribution in [3.05, 3.63) is 117 Å². The topological polar surface area (TPSA) is 410 Å². The summed E-state index contributed by atoms with van der Waals surface area (Å²) >= 11 is 0. The number of hydrogen-bond acceptors (Lipinski definition) is 35. The predicted octanol–water partition coefficient (Wildman–Crippen LogP) is 4.44. The molecule has 5 N–H and O–H groups in total. The van der Waals surface area contributed by atoms with Crippen molar-refractivity contribution in [1.82, 2.24) is 5.43 Å². The van der Waals surface area contributed by atoms with Gasteiger partial charge in [-0.3, -0.25) is 19.8 Å². The van der Waals surface area contributed by atoms with E-state index in [0.29, 0.717) is 310 Å². The molecule has 0 radical (unpaired) electrons. The number of methoxy groups -OCH3 is 2. The minimum Gasteiger partial charge on any atom is -1.00 e.